The van der Waals surface area contributed by atoms with Crippen molar-refractivity contribution < 1.29 is 37.5 Å². The standard InChI is InChI=1S/C36H41ClF2N8O5/c1-21-27(19-46(42-21)14-15-52-5)24-8-9-26(32(39)31(24)38)29-18-40-33(43(29)2)34(49)41-22-6-7-25(28(37)16-22)35(50)44-10-12-45(13-11-44)36(51)30-17-23(48)20-47(30,3)4/h6-9,16,18-19,23,30,48H,10-15,17,20H2,1-5H3/p+1/t23-,30-/m0/s1. The van der Waals surface area contributed by atoms with Crippen LogP contribution in [0, 0.1) is 18.6 Å². The van der Waals surface area contributed by atoms with E-state index in [1.807, 2.05) is 14.1 Å². The molecule has 6 rings (SSSR count). The van der Waals surface area contributed by atoms with Crippen LogP contribution in [0.15, 0.2) is 42.7 Å². The van der Waals surface area contributed by atoms with Gasteiger partial charge < -0.3 is 34.0 Å². The fourth-order valence-electron chi connectivity index (χ4n) is 7.06. The monoisotopic (exact) mass is 739 g/mol. The molecule has 3 amide bonds. The van der Waals surface area contributed by atoms with E-state index in [1.54, 1.807) is 40.8 Å². The van der Waals surface area contributed by atoms with Crippen LogP contribution >= 0.6 is 11.6 Å². The third-order valence-electron chi connectivity index (χ3n) is 9.95. The minimum atomic E-state index is -1.09. The summed E-state index contributed by atoms with van der Waals surface area (Å²) in [4.78, 5) is 47.4. The Bertz CT molecular complexity index is 2020. The van der Waals surface area contributed by atoms with Crippen LogP contribution < -0.4 is 5.32 Å². The summed E-state index contributed by atoms with van der Waals surface area (Å²) < 4.78 is 39.4. The topological polar surface area (TPSA) is 135 Å². The molecule has 2 N–H and O–H groups in total. The highest BCUT2D eigenvalue weighted by molar-refractivity contribution is 6.34. The number of piperazine rings is 1. The molecule has 276 valence electrons. The first-order chi connectivity index (χ1) is 24.7. The number of aryl methyl sites for hydroxylation is 1. The molecule has 2 aliphatic rings. The van der Waals surface area contributed by atoms with Crippen LogP contribution in [0.5, 0.6) is 0 Å². The minimum Gasteiger partial charge on any atom is -0.387 e. The van der Waals surface area contributed by atoms with Gasteiger partial charge in [0.1, 0.15) is 12.6 Å². The van der Waals surface area contributed by atoms with Crippen molar-refractivity contribution in [3.8, 4) is 22.4 Å². The molecule has 0 aliphatic carbocycles. The van der Waals surface area contributed by atoms with E-state index in [1.165, 1.54) is 42.1 Å². The van der Waals surface area contributed by atoms with Crippen molar-refractivity contribution in [1.82, 2.24) is 29.1 Å². The number of hydrogen-bond donors (Lipinski definition) is 2. The molecule has 16 heteroatoms. The Kier molecular flexibility index (Phi) is 10.5. The summed E-state index contributed by atoms with van der Waals surface area (Å²) in [7, 11) is 6.96. The molecule has 0 radical (unpaired) electrons. The van der Waals surface area contributed by atoms with Gasteiger partial charge in [0.05, 0.1) is 55.4 Å². The largest absolute Gasteiger partial charge is 0.387 e. The number of rotatable bonds is 9. The zero-order valence-electron chi connectivity index (χ0n) is 29.7. The third kappa shape index (κ3) is 7.18. The number of quaternary nitrogens is 1. The molecular weight excluding hydrogens is 698 g/mol. The van der Waals surface area contributed by atoms with E-state index >= 15 is 8.78 Å². The number of imidazole rings is 1. The van der Waals surface area contributed by atoms with Crippen LogP contribution in [0.2, 0.25) is 5.02 Å². The van der Waals surface area contributed by atoms with Gasteiger partial charge in [0.2, 0.25) is 0 Å². The zero-order chi connectivity index (χ0) is 37.5. The Hall–Kier alpha value is -4.70. The molecule has 4 aromatic rings. The lowest BCUT2D eigenvalue weighted by Crippen LogP contribution is -2.58. The Morgan fingerprint density at radius 1 is 1.04 bits per heavy atom. The summed E-state index contributed by atoms with van der Waals surface area (Å²) in [5, 5.41) is 17.3. The van der Waals surface area contributed by atoms with Crippen molar-refractivity contribution in [2.24, 2.45) is 7.05 Å². The maximum Gasteiger partial charge on any atom is 0.291 e. The number of likely N-dealkylation sites (tertiary alicyclic amines) is 1. The summed E-state index contributed by atoms with van der Waals surface area (Å²) >= 11 is 6.52. The molecule has 0 saturated carbocycles. The number of methoxy groups -OCH3 is 1. The van der Waals surface area contributed by atoms with Crippen LogP contribution in [-0.2, 0) is 23.1 Å². The third-order valence-corrected chi connectivity index (χ3v) is 10.3. The van der Waals surface area contributed by atoms with Crippen molar-refractivity contribution in [1.29, 1.82) is 0 Å². The van der Waals surface area contributed by atoms with Crippen molar-refractivity contribution in [2.45, 2.75) is 32.0 Å². The fraction of sp³-hybridized carbons (Fsp3) is 0.417. The second-order valence-corrected chi connectivity index (χ2v) is 14.2. The Morgan fingerprint density at radius 3 is 2.37 bits per heavy atom. The molecule has 2 saturated heterocycles. The number of carbonyl (C=O) groups is 3. The lowest BCUT2D eigenvalue weighted by Gasteiger charge is -2.38. The van der Waals surface area contributed by atoms with Crippen LogP contribution in [0.4, 0.5) is 14.5 Å². The number of nitrogens with zero attached hydrogens (tertiary/aromatic N) is 7. The number of nitrogens with one attached hydrogen (secondary N) is 1. The first-order valence-corrected chi connectivity index (χ1v) is 17.3. The van der Waals surface area contributed by atoms with Gasteiger partial charge in [-0.15, -0.1) is 0 Å². The van der Waals surface area contributed by atoms with Gasteiger partial charge in [-0.2, -0.15) is 5.10 Å². The van der Waals surface area contributed by atoms with E-state index < -0.39 is 23.6 Å². The van der Waals surface area contributed by atoms with E-state index in [4.69, 9.17) is 16.3 Å². The van der Waals surface area contributed by atoms with E-state index in [9.17, 15) is 19.5 Å². The number of benzene rings is 2. The Morgan fingerprint density at radius 2 is 1.71 bits per heavy atom. The van der Waals surface area contributed by atoms with E-state index in [0.717, 1.165) is 0 Å². The Labute approximate surface area is 304 Å². The number of amides is 3. The molecule has 2 aromatic heterocycles. The van der Waals surface area contributed by atoms with Gasteiger partial charge in [-0.1, -0.05) is 17.7 Å². The number of aliphatic hydroxyl groups is 1. The molecule has 2 atom stereocenters. The normalized spacial score (nSPS) is 18.6. The number of carbonyl (C=O) groups excluding carboxylic acids is 3. The summed E-state index contributed by atoms with van der Waals surface area (Å²) in [6, 6.07) is 7.10. The lowest BCUT2D eigenvalue weighted by atomic mass is 10.0. The predicted octanol–water partition coefficient (Wildman–Crippen LogP) is 3.58. The highest BCUT2D eigenvalue weighted by Gasteiger charge is 2.46. The van der Waals surface area contributed by atoms with Crippen molar-refractivity contribution in [3.05, 3.63) is 76.5 Å². The Balaban J connectivity index is 1.10. The van der Waals surface area contributed by atoms with Gasteiger partial charge >= 0.3 is 0 Å². The number of aliphatic hydroxyl groups excluding tert-OH is 1. The van der Waals surface area contributed by atoms with Gasteiger partial charge in [0, 0.05) is 75.3 Å². The van der Waals surface area contributed by atoms with Crippen molar-refractivity contribution >= 4 is 35.0 Å². The van der Waals surface area contributed by atoms with Crippen molar-refractivity contribution in [2.75, 3.05) is 65.9 Å². The maximum absolute atomic E-state index is 15.5. The minimum absolute atomic E-state index is 0.0182. The number of halogens is 3. The van der Waals surface area contributed by atoms with Gasteiger partial charge in [-0.25, -0.2) is 13.8 Å². The summed E-state index contributed by atoms with van der Waals surface area (Å²) in [6.45, 7) is 4.51. The molecule has 2 aromatic carbocycles. The SMILES string of the molecule is COCCn1cc(-c2ccc(-c3cnc(C(=O)Nc4ccc(C(=O)N5CCN(C(=O)[C@@H]6C[C@H](O)C[N+]6(C)C)CC5)c(Cl)c4)n3C)c(F)c2F)c(C)n1. The second-order valence-electron chi connectivity index (χ2n) is 13.8. The van der Waals surface area contributed by atoms with E-state index in [-0.39, 0.29) is 51.1 Å². The van der Waals surface area contributed by atoms with Crippen LogP contribution in [0.25, 0.3) is 22.4 Å². The highest BCUT2D eigenvalue weighted by Crippen LogP contribution is 2.33. The van der Waals surface area contributed by atoms with Gasteiger partial charge in [0.25, 0.3) is 17.7 Å². The smallest absolute Gasteiger partial charge is 0.291 e. The van der Waals surface area contributed by atoms with Gasteiger partial charge in [0.15, 0.2) is 23.5 Å². The average Bonchev–Trinajstić information content (AvgIpc) is 3.76. The molecule has 0 unspecified atom stereocenters. The van der Waals surface area contributed by atoms with E-state index in [0.29, 0.717) is 73.7 Å². The molecule has 0 bridgehead atoms. The summed E-state index contributed by atoms with van der Waals surface area (Å²) in [6.07, 6.45) is 2.84. The average molecular weight is 740 g/mol. The number of anilines is 1. The maximum atomic E-state index is 15.5. The molecule has 13 nitrogen and oxygen atoms in total. The first kappa shape index (κ1) is 37.1. The molecule has 52 heavy (non-hydrogen) atoms. The van der Waals surface area contributed by atoms with E-state index in [2.05, 4.69) is 15.4 Å². The number of hydrogen-bond acceptors (Lipinski definition) is 7. The lowest BCUT2D eigenvalue weighted by molar-refractivity contribution is -0.894. The first-order valence-electron chi connectivity index (χ1n) is 16.9. The van der Waals surface area contributed by atoms with Crippen LogP contribution in [0.1, 0.15) is 33.1 Å². The molecular formula is C36H42ClF2N8O5+. The molecule has 0 spiro atoms. The molecule has 4 heterocycles. The zero-order valence-corrected chi connectivity index (χ0v) is 30.5. The summed E-state index contributed by atoms with van der Waals surface area (Å²) in [5.74, 6) is -3.15. The van der Waals surface area contributed by atoms with Gasteiger partial charge in [-0.3, -0.25) is 19.1 Å². The number of aromatic nitrogens is 4. The van der Waals surface area contributed by atoms with Crippen LogP contribution in [0.3, 0.4) is 0 Å². The molecule has 2 fully saturated rings. The second kappa shape index (κ2) is 14.7. The number of ether oxygens (including phenoxy) is 1. The predicted molar refractivity (Wildman–Crippen MR) is 190 cm³/mol. The highest BCUT2D eigenvalue weighted by atomic mass is 35.5. The number of likely N-dealkylation sites (N-methyl/N-ethyl adjacent to an activating group) is 1. The van der Waals surface area contributed by atoms with Crippen LogP contribution in [-0.4, -0.2) is 129 Å². The van der Waals surface area contributed by atoms with Crippen molar-refractivity contribution in [3.63, 3.8) is 0 Å². The van der Waals surface area contributed by atoms with Gasteiger partial charge in [-0.05, 0) is 31.2 Å². The molecule has 2 aliphatic heterocycles. The fourth-order valence-corrected chi connectivity index (χ4v) is 7.32. The quantitative estimate of drug-likeness (QED) is 0.251. The summed E-state index contributed by atoms with van der Waals surface area (Å²) in [5.41, 5.74) is 1.71.